The molecule has 0 bridgehead atoms. The van der Waals surface area contributed by atoms with E-state index in [4.69, 9.17) is 0 Å². The lowest BCUT2D eigenvalue weighted by molar-refractivity contribution is -0.121. The van der Waals surface area contributed by atoms with Gasteiger partial charge < -0.3 is 0 Å². The summed E-state index contributed by atoms with van der Waals surface area (Å²) in [6, 6.07) is 0. The second kappa shape index (κ2) is 2.34. The first kappa shape index (κ1) is 8.28. The number of hydrogen-bond donors (Lipinski definition) is 0. The van der Waals surface area contributed by atoms with Crippen LogP contribution in [-0.4, -0.2) is 5.78 Å². The molecule has 68 valence electrons. The molecular weight excluding hydrogens is 148 g/mol. The molecule has 0 unspecified atom stereocenters. The van der Waals surface area contributed by atoms with E-state index < -0.39 is 0 Å². The van der Waals surface area contributed by atoms with Gasteiger partial charge in [0.25, 0.3) is 0 Å². The molecule has 0 spiro atoms. The van der Waals surface area contributed by atoms with Crippen LogP contribution in [0.3, 0.4) is 0 Å². The van der Waals surface area contributed by atoms with Crippen LogP contribution < -0.4 is 0 Å². The van der Waals surface area contributed by atoms with E-state index in [0.29, 0.717) is 17.1 Å². The van der Waals surface area contributed by atoms with Gasteiger partial charge in [-0.15, -0.1) is 0 Å². The van der Waals surface area contributed by atoms with Crippen molar-refractivity contribution in [3.63, 3.8) is 0 Å². The molecule has 0 aliphatic heterocycles. The lowest BCUT2D eigenvalue weighted by atomic mass is 9.87. The number of fused-ring (bicyclic) bond motifs is 1. The maximum absolute atomic E-state index is 11.2. The summed E-state index contributed by atoms with van der Waals surface area (Å²) in [5, 5.41) is 0. The summed E-state index contributed by atoms with van der Waals surface area (Å²) >= 11 is 0. The van der Waals surface area contributed by atoms with E-state index in [2.05, 4.69) is 13.8 Å². The molecule has 3 atom stereocenters. The standard InChI is InChI=1S/C11H18O/c1-7(12)8-4-5-9-10(6-8)11(9,2)3/h8-10H,4-6H2,1-3H3/t8-,9+,10-/m0/s1. The minimum absolute atomic E-state index is 0.396. The van der Waals surface area contributed by atoms with Crippen molar-refractivity contribution in [3.05, 3.63) is 0 Å². The number of hydrogen-bond acceptors (Lipinski definition) is 1. The Morgan fingerprint density at radius 1 is 1.25 bits per heavy atom. The van der Waals surface area contributed by atoms with E-state index in [1.165, 1.54) is 12.8 Å². The molecule has 0 saturated heterocycles. The van der Waals surface area contributed by atoms with Gasteiger partial charge in [-0.2, -0.15) is 0 Å². The van der Waals surface area contributed by atoms with Crippen LogP contribution in [0.15, 0.2) is 0 Å². The second-order valence-corrected chi connectivity index (χ2v) is 5.15. The molecule has 2 rings (SSSR count). The zero-order valence-electron chi connectivity index (χ0n) is 8.26. The minimum Gasteiger partial charge on any atom is -0.300 e. The molecule has 0 radical (unpaired) electrons. The molecular formula is C11H18O. The molecule has 0 N–H and O–H groups in total. The molecule has 2 aliphatic rings. The number of carbonyl (C=O) groups excluding carboxylic acids is 1. The van der Waals surface area contributed by atoms with E-state index in [1.54, 1.807) is 6.92 Å². The van der Waals surface area contributed by atoms with Crippen LogP contribution in [0.4, 0.5) is 0 Å². The molecule has 0 aromatic carbocycles. The third-order valence-electron chi connectivity index (χ3n) is 4.23. The largest absolute Gasteiger partial charge is 0.300 e. The number of carbonyl (C=O) groups is 1. The van der Waals surface area contributed by atoms with Crippen molar-refractivity contribution < 1.29 is 4.79 Å². The minimum atomic E-state index is 0.396. The molecule has 1 heteroatoms. The molecule has 0 aromatic rings. The van der Waals surface area contributed by atoms with Crippen LogP contribution in [0.25, 0.3) is 0 Å². The molecule has 0 heterocycles. The van der Waals surface area contributed by atoms with E-state index in [0.717, 1.165) is 18.3 Å². The van der Waals surface area contributed by atoms with Crippen LogP contribution in [0.2, 0.25) is 0 Å². The highest BCUT2D eigenvalue weighted by Gasteiger charge is 2.59. The highest BCUT2D eigenvalue weighted by molar-refractivity contribution is 5.78. The average Bonchev–Trinajstić information content (AvgIpc) is 2.55. The van der Waals surface area contributed by atoms with E-state index in [-0.39, 0.29) is 0 Å². The van der Waals surface area contributed by atoms with E-state index in [9.17, 15) is 4.79 Å². The first-order chi connectivity index (χ1) is 5.53. The van der Waals surface area contributed by atoms with Gasteiger partial charge >= 0.3 is 0 Å². The third-order valence-corrected chi connectivity index (χ3v) is 4.23. The topological polar surface area (TPSA) is 17.1 Å². The van der Waals surface area contributed by atoms with Gasteiger partial charge in [0.1, 0.15) is 5.78 Å². The molecule has 2 fully saturated rings. The number of rotatable bonds is 1. The summed E-state index contributed by atoms with van der Waals surface area (Å²) in [6.45, 7) is 6.45. The highest BCUT2D eigenvalue weighted by Crippen LogP contribution is 2.65. The van der Waals surface area contributed by atoms with Gasteiger partial charge in [0.05, 0.1) is 0 Å². The summed E-state index contributed by atoms with van der Waals surface area (Å²) in [7, 11) is 0. The first-order valence-corrected chi connectivity index (χ1v) is 5.04. The van der Waals surface area contributed by atoms with Gasteiger partial charge in [0.15, 0.2) is 0 Å². The molecule has 2 aliphatic carbocycles. The Kier molecular flexibility index (Phi) is 1.61. The molecule has 1 nitrogen and oxygen atoms in total. The quantitative estimate of drug-likeness (QED) is 0.585. The van der Waals surface area contributed by atoms with Gasteiger partial charge in [-0.1, -0.05) is 13.8 Å². The molecule has 0 amide bonds. The Morgan fingerprint density at radius 2 is 1.92 bits per heavy atom. The van der Waals surface area contributed by atoms with Crippen molar-refractivity contribution in [2.75, 3.05) is 0 Å². The van der Waals surface area contributed by atoms with Crippen LogP contribution >= 0.6 is 0 Å². The van der Waals surface area contributed by atoms with Gasteiger partial charge in [-0.3, -0.25) is 4.79 Å². The van der Waals surface area contributed by atoms with Gasteiger partial charge in [-0.05, 0) is 43.4 Å². The lowest BCUT2D eigenvalue weighted by Crippen LogP contribution is -2.15. The van der Waals surface area contributed by atoms with E-state index >= 15 is 0 Å². The summed E-state index contributed by atoms with van der Waals surface area (Å²) < 4.78 is 0. The predicted molar refractivity (Wildman–Crippen MR) is 48.8 cm³/mol. The molecule has 2 saturated carbocycles. The van der Waals surface area contributed by atoms with Gasteiger partial charge in [0.2, 0.25) is 0 Å². The maximum atomic E-state index is 11.2. The van der Waals surface area contributed by atoms with Crippen LogP contribution in [0.5, 0.6) is 0 Å². The SMILES string of the molecule is CC(=O)[C@H]1CC[C@@H]2[C@H](C1)C2(C)C. The fourth-order valence-corrected chi connectivity index (χ4v) is 3.07. The predicted octanol–water partition coefficient (Wildman–Crippen LogP) is 2.65. The van der Waals surface area contributed by atoms with Crippen molar-refractivity contribution in [3.8, 4) is 0 Å². The Balaban J connectivity index is 2.01. The summed E-state index contributed by atoms with van der Waals surface area (Å²) in [5.74, 6) is 2.61. The first-order valence-electron chi connectivity index (χ1n) is 5.04. The zero-order valence-corrected chi connectivity index (χ0v) is 8.26. The van der Waals surface area contributed by atoms with Crippen molar-refractivity contribution in [2.45, 2.75) is 40.0 Å². The van der Waals surface area contributed by atoms with E-state index in [1.807, 2.05) is 0 Å². The highest BCUT2D eigenvalue weighted by atomic mass is 16.1. The van der Waals surface area contributed by atoms with Crippen molar-refractivity contribution in [1.29, 1.82) is 0 Å². The van der Waals surface area contributed by atoms with Gasteiger partial charge in [-0.25, -0.2) is 0 Å². The molecule has 12 heavy (non-hydrogen) atoms. The summed E-state index contributed by atoms with van der Waals surface area (Å²) in [4.78, 5) is 11.2. The Morgan fingerprint density at radius 3 is 2.42 bits per heavy atom. The fourth-order valence-electron chi connectivity index (χ4n) is 3.07. The second-order valence-electron chi connectivity index (χ2n) is 5.15. The Bertz CT molecular complexity index is 217. The monoisotopic (exact) mass is 166 g/mol. The van der Waals surface area contributed by atoms with Gasteiger partial charge in [0, 0.05) is 5.92 Å². The fraction of sp³-hybridized carbons (Fsp3) is 0.909. The summed E-state index contributed by atoms with van der Waals surface area (Å²) in [5.41, 5.74) is 0.560. The normalized spacial score (nSPS) is 43.4. The Labute approximate surface area is 74.5 Å². The van der Waals surface area contributed by atoms with Crippen molar-refractivity contribution in [1.82, 2.24) is 0 Å². The maximum Gasteiger partial charge on any atom is 0.132 e. The third kappa shape index (κ3) is 1.02. The Hall–Kier alpha value is -0.330. The number of ketones is 1. The van der Waals surface area contributed by atoms with Crippen LogP contribution in [0.1, 0.15) is 40.0 Å². The van der Waals surface area contributed by atoms with Crippen LogP contribution in [0, 0.1) is 23.2 Å². The zero-order chi connectivity index (χ0) is 8.93. The van der Waals surface area contributed by atoms with Crippen molar-refractivity contribution in [2.24, 2.45) is 23.2 Å². The smallest absolute Gasteiger partial charge is 0.132 e. The summed E-state index contributed by atoms with van der Waals surface area (Å²) in [6.07, 6.45) is 3.62. The molecule has 0 aromatic heterocycles. The van der Waals surface area contributed by atoms with Crippen LogP contribution in [-0.2, 0) is 4.79 Å². The average molecular weight is 166 g/mol. The van der Waals surface area contributed by atoms with Crippen molar-refractivity contribution >= 4 is 5.78 Å². The lowest BCUT2D eigenvalue weighted by Gasteiger charge is -2.17. The number of Topliss-reactive ketones (excluding diaryl/α,β-unsaturated/α-hetero) is 1.